The number of oxazole rings is 1. The van der Waals surface area contributed by atoms with Gasteiger partial charge in [-0.15, -0.1) is 0 Å². The highest BCUT2D eigenvalue weighted by Crippen LogP contribution is 2.34. The van der Waals surface area contributed by atoms with Crippen LogP contribution in [0.1, 0.15) is 14.4 Å². The number of rotatable bonds is 6. The number of amides is 1. The van der Waals surface area contributed by atoms with Crippen LogP contribution in [0.15, 0.2) is 90.1 Å². The van der Waals surface area contributed by atoms with Gasteiger partial charge in [-0.2, -0.15) is 4.98 Å². The summed E-state index contributed by atoms with van der Waals surface area (Å²) in [5, 5.41) is 7.81. The number of nitrogens with one attached hydrogen (secondary N) is 2. The van der Waals surface area contributed by atoms with E-state index in [0.717, 1.165) is 27.7 Å². The standard InChI is InChI=1S/C25H19N5O3.CH4/c1-16(31)28-21-9-10-22(20-8-3-2-7-19(20)21)33-25-14-26-13-24(30-25)29-18-6-4-5-17(11-18)23-12-27-15-32-23;/h2-15H,1H3,(H,28,31)(H,29,30);1H4. The molecule has 2 heterocycles. The van der Waals surface area contributed by atoms with E-state index in [-0.39, 0.29) is 13.3 Å². The van der Waals surface area contributed by atoms with Crippen molar-refractivity contribution >= 4 is 33.9 Å². The summed E-state index contributed by atoms with van der Waals surface area (Å²) in [6, 6.07) is 19.0. The van der Waals surface area contributed by atoms with Crippen molar-refractivity contribution in [2.75, 3.05) is 10.6 Å². The maximum Gasteiger partial charge on any atom is 0.239 e. The molecule has 0 spiro atoms. The average Bonchev–Trinajstić information content (AvgIpc) is 3.36. The van der Waals surface area contributed by atoms with Crippen molar-refractivity contribution in [3.05, 3.63) is 85.6 Å². The minimum absolute atomic E-state index is 0. The largest absolute Gasteiger partial charge is 0.444 e. The van der Waals surface area contributed by atoms with E-state index >= 15 is 0 Å². The van der Waals surface area contributed by atoms with E-state index in [2.05, 4.69) is 25.6 Å². The molecule has 0 unspecified atom stereocenters. The molecule has 5 aromatic rings. The third kappa shape index (κ3) is 4.86. The molecular formula is C26H23N5O3. The summed E-state index contributed by atoms with van der Waals surface area (Å²) in [5.41, 5.74) is 2.43. The molecule has 170 valence electrons. The van der Waals surface area contributed by atoms with Crippen LogP contribution in [-0.4, -0.2) is 20.9 Å². The molecule has 0 aliphatic heterocycles. The topological polar surface area (TPSA) is 102 Å². The second kappa shape index (κ2) is 9.83. The Labute approximate surface area is 196 Å². The Kier molecular flexibility index (Phi) is 6.49. The Morgan fingerprint density at radius 1 is 0.941 bits per heavy atom. The average molecular weight is 454 g/mol. The van der Waals surface area contributed by atoms with Crippen molar-refractivity contribution in [2.45, 2.75) is 14.4 Å². The maximum absolute atomic E-state index is 11.5. The Morgan fingerprint density at radius 3 is 2.59 bits per heavy atom. The minimum atomic E-state index is -0.133. The Balaban J connectivity index is 0.00000274. The van der Waals surface area contributed by atoms with Crippen molar-refractivity contribution in [1.82, 2.24) is 15.0 Å². The molecule has 0 aliphatic carbocycles. The lowest BCUT2D eigenvalue weighted by atomic mass is 10.1. The molecule has 0 aliphatic rings. The second-order valence-corrected chi connectivity index (χ2v) is 7.25. The van der Waals surface area contributed by atoms with Gasteiger partial charge in [-0.05, 0) is 24.3 Å². The van der Waals surface area contributed by atoms with E-state index in [0.29, 0.717) is 23.2 Å². The first-order valence-electron chi connectivity index (χ1n) is 10.2. The first-order chi connectivity index (χ1) is 16.2. The van der Waals surface area contributed by atoms with Gasteiger partial charge < -0.3 is 19.8 Å². The summed E-state index contributed by atoms with van der Waals surface area (Å²) >= 11 is 0. The smallest absolute Gasteiger partial charge is 0.239 e. The summed E-state index contributed by atoms with van der Waals surface area (Å²) < 4.78 is 11.4. The van der Waals surface area contributed by atoms with Crippen LogP contribution in [-0.2, 0) is 4.79 Å². The fourth-order valence-corrected chi connectivity index (χ4v) is 3.49. The van der Waals surface area contributed by atoms with Gasteiger partial charge >= 0.3 is 0 Å². The van der Waals surface area contributed by atoms with Gasteiger partial charge in [0, 0.05) is 34.6 Å². The van der Waals surface area contributed by atoms with Gasteiger partial charge in [0.05, 0.1) is 18.6 Å². The zero-order valence-corrected chi connectivity index (χ0v) is 17.6. The van der Waals surface area contributed by atoms with Crippen LogP contribution in [0.4, 0.5) is 17.2 Å². The first-order valence-corrected chi connectivity index (χ1v) is 10.2. The second-order valence-electron chi connectivity index (χ2n) is 7.25. The molecule has 8 heteroatoms. The summed E-state index contributed by atoms with van der Waals surface area (Å²) in [5.74, 6) is 2.02. The van der Waals surface area contributed by atoms with Crippen LogP contribution in [0.5, 0.6) is 11.6 Å². The molecule has 0 atom stereocenters. The Hall–Kier alpha value is -4.72. The van der Waals surface area contributed by atoms with Crippen molar-refractivity contribution in [3.8, 4) is 23.0 Å². The molecule has 0 saturated heterocycles. The van der Waals surface area contributed by atoms with Gasteiger partial charge in [0.1, 0.15) is 5.75 Å². The zero-order valence-electron chi connectivity index (χ0n) is 17.6. The molecule has 0 saturated carbocycles. The van der Waals surface area contributed by atoms with E-state index in [1.54, 1.807) is 24.7 Å². The van der Waals surface area contributed by atoms with Gasteiger partial charge in [-0.1, -0.05) is 43.8 Å². The van der Waals surface area contributed by atoms with E-state index in [9.17, 15) is 4.79 Å². The summed E-state index contributed by atoms with van der Waals surface area (Å²) in [4.78, 5) is 24.3. The minimum Gasteiger partial charge on any atom is -0.444 e. The number of benzene rings is 3. The number of ether oxygens (including phenoxy) is 1. The summed E-state index contributed by atoms with van der Waals surface area (Å²) in [6.07, 6.45) is 6.22. The normalized spacial score (nSPS) is 10.4. The molecular weight excluding hydrogens is 430 g/mol. The monoisotopic (exact) mass is 453 g/mol. The lowest BCUT2D eigenvalue weighted by molar-refractivity contribution is -0.114. The van der Waals surface area contributed by atoms with Crippen molar-refractivity contribution in [1.29, 1.82) is 0 Å². The van der Waals surface area contributed by atoms with Crippen molar-refractivity contribution in [3.63, 3.8) is 0 Å². The van der Waals surface area contributed by atoms with Gasteiger partial charge in [0.2, 0.25) is 11.8 Å². The number of carbonyl (C=O) groups excluding carboxylic acids is 1. The summed E-state index contributed by atoms with van der Waals surface area (Å²) in [6.45, 7) is 1.48. The van der Waals surface area contributed by atoms with Crippen molar-refractivity contribution in [2.24, 2.45) is 0 Å². The molecule has 2 aromatic heterocycles. The van der Waals surface area contributed by atoms with Gasteiger partial charge in [0.15, 0.2) is 18.0 Å². The van der Waals surface area contributed by atoms with Crippen LogP contribution in [0, 0.1) is 0 Å². The van der Waals surface area contributed by atoms with Crippen LogP contribution in [0.25, 0.3) is 22.1 Å². The van der Waals surface area contributed by atoms with Gasteiger partial charge in [-0.3, -0.25) is 9.78 Å². The van der Waals surface area contributed by atoms with Gasteiger partial charge in [-0.25, -0.2) is 4.98 Å². The van der Waals surface area contributed by atoms with Crippen molar-refractivity contribution < 1.29 is 13.9 Å². The highest BCUT2D eigenvalue weighted by molar-refractivity contribution is 6.03. The molecule has 0 fully saturated rings. The van der Waals surface area contributed by atoms with E-state index < -0.39 is 0 Å². The molecule has 34 heavy (non-hydrogen) atoms. The van der Waals surface area contributed by atoms with E-state index in [1.165, 1.54) is 13.3 Å². The zero-order chi connectivity index (χ0) is 22.6. The highest BCUT2D eigenvalue weighted by Gasteiger charge is 2.10. The maximum atomic E-state index is 11.5. The molecule has 2 N–H and O–H groups in total. The lowest BCUT2D eigenvalue weighted by Crippen LogP contribution is -2.06. The number of nitrogens with zero attached hydrogens (tertiary/aromatic N) is 3. The highest BCUT2D eigenvalue weighted by atomic mass is 16.5. The third-order valence-corrected chi connectivity index (χ3v) is 4.87. The third-order valence-electron chi connectivity index (χ3n) is 4.87. The summed E-state index contributed by atoms with van der Waals surface area (Å²) in [7, 11) is 0. The molecule has 1 amide bonds. The first kappa shape index (κ1) is 22.5. The Bertz CT molecular complexity index is 1430. The predicted molar refractivity (Wildman–Crippen MR) is 132 cm³/mol. The number of hydrogen-bond donors (Lipinski definition) is 2. The van der Waals surface area contributed by atoms with E-state index in [4.69, 9.17) is 9.15 Å². The number of carbonyl (C=O) groups is 1. The predicted octanol–water partition coefficient (Wildman–Crippen LogP) is 6.42. The number of hydrogen-bond acceptors (Lipinski definition) is 7. The van der Waals surface area contributed by atoms with Crippen LogP contribution < -0.4 is 15.4 Å². The molecule has 5 rings (SSSR count). The van der Waals surface area contributed by atoms with Crippen LogP contribution >= 0.6 is 0 Å². The fraction of sp³-hybridized carbons (Fsp3) is 0.0769. The molecule has 8 nitrogen and oxygen atoms in total. The number of fused-ring (bicyclic) bond motifs is 1. The van der Waals surface area contributed by atoms with Gasteiger partial charge in [0.25, 0.3) is 0 Å². The lowest BCUT2D eigenvalue weighted by Gasteiger charge is -2.13. The molecule has 0 radical (unpaired) electrons. The quantitative estimate of drug-likeness (QED) is 0.306. The Morgan fingerprint density at radius 2 is 1.79 bits per heavy atom. The van der Waals surface area contributed by atoms with Crippen LogP contribution in [0.2, 0.25) is 0 Å². The SMILES string of the molecule is C.CC(=O)Nc1ccc(Oc2cncc(Nc3cccc(-c4cnco4)c3)n2)c2ccccc12. The number of anilines is 3. The van der Waals surface area contributed by atoms with E-state index in [1.807, 2.05) is 54.6 Å². The molecule has 0 bridgehead atoms. The number of aromatic nitrogens is 3. The van der Waals surface area contributed by atoms with Crippen LogP contribution in [0.3, 0.4) is 0 Å². The fourth-order valence-electron chi connectivity index (χ4n) is 3.49. The molecule has 3 aromatic carbocycles.